The quantitative estimate of drug-likeness (QED) is 0.274. The number of hydrogen-bond acceptors (Lipinski definition) is 5. The number of ketones is 1. The number of aliphatic hydroxyl groups excluding tert-OH is 1. The normalized spacial score (nSPS) is 15.8. The summed E-state index contributed by atoms with van der Waals surface area (Å²) in [6.45, 7) is 0. The molecule has 2 heterocycles. The minimum absolute atomic E-state index is 0.0497. The number of para-hydroxylation sites is 1. The van der Waals surface area contributed by atoms with Crippen molar-refractivity contribution in [2.24, 2.45) is 0 Å². The van der Waals surface area contributed by atoms with Gasteiger partial charge in [0, 0.05) is 21.1 Å². The summed E-state index contributed by atoms with van der Waals surface area (Å²) in [5.41, 5.74) is 0.908. The number of amides is 1. The van der Waals surface area contributed by atoms with E-state index in [1.165, 1.54) is 24.1 Å². The van der Waals surface area contributed by atoms with Gasteiger partial charge in [0.25, 0.3) is 5.91 Å². The van der Waals surface area contributed by atoms with Crippen molar-refractivity contribution in [3.05, 3.63) is 105 Å². The number of hydrogen-bond donors (Lipinski definition) is 1. The van der Waals surface area contributed by atoms with Crippen molar-refractivity contribution in [2.45, 2.75) is 6.04 Å². The van der Waals surface area contributed by atoms with Crippen LogP contribution in [0.1, 0.15) is 22.2 Å². The van der Waals surface area contributed by atoms with Crippen LogP contribution in [0.3, 0.4) is 0 Å². The van der Waals surface area contributed by atoms with Gasteiger partial charge in [-0.15, -0.1) is 0 Å². The predicted octanol–water partition coefficient (Wildman–Crippen LogP) is 6.78. The molecule has 6 nitrogen and oxygen atoms in total. The van der Waals surface area contributed by atoms with Gasteiger partial charge in [-0.25, -0.2) is 4.39 Å². The van der Waals surface area contributed by atoms with Gasteiger partial charge < -0.3 is 14.3 Å². The molecule has 5 rings (SSSR count). The Balaban J connectivity index is 1.70. The first-order chi connectivity index (χ1) is 16.8. The van der Waals surface area contributed by atoms with Gasteiger partial charge in [0.15, 0.2) is 11.5 Å². The van der Waals surface area contributed by atoms with E-state index in [9.17, 15) is 19.1 Å². The maximum Gasteiger partial charge on any atom is 0.294 e. The standard InChI is InChI=1S/C26H16BrClFNO5/c1-34-20-5-3-2-4-16(20)23-22(24(31)21-11-13-10-14(27)6-9-19(13)35-21)25(32)26(33)30(23)15-7-8-18(29)17(28)12-15/h2-12,23,32H,1H3. The van der Waals surface area contributed by atoms with E-state index in [0.717, 1.165) is 10.5 Å². The van der Waals surface area contributed by atoms with Gasteiger partial charge in [-0.05, 0) is 48.5 Å². The Morgan fingerprint density at radius 3 is 2.66 bits per heavy atom. The van der Waals surface area contributed by atoms with Crippen LogP contribution >= 0.6 is 27.5 Å². The number of aliphatic hydroxyl groups is 1. The molecule has 1 aliphatic heterocycles. The first-order valence-electron chi connectivity index (χ1n) is 10.4. The molecule has 9 heteroatoms. The number of anilines is 1. The summed E-state index contributed by atoms with van der Waals surface area (Å²) in [6.07, 6.45) is 0. The van der Waals surface area contributed by atoms with Crippen LogP contribution in [-0.2, 0) is 4.79 Å². The topological polar surface area (TPSA) is 80.0 Å². The summed E-state index contributed by atoms with van der Waals surface area (Å²) in [6, 6.07) is 16.2. The molecule has 0 aliphatic carbocycles. The van der Waals surface area contributed by atoms with Gasteiger partial charge in [0.05, 0.1) is 23.7 Å². The third-order valence-corrected chi connectivity index (χ3v) is 6.55. The zero-order valence-corrected chi connectivity index (χ0v) is 20.4. The second-order valence-electron chi connectivity index (χ2n) is 7.80. The fourth-order valence-electron chi connectivity index (χ4n) is 4.18. The number of Topliss-reactive ketones (excluding diaryl/α,β-unsaturated/α-hetero) is 1. The zero-order valence-electron chi connectivity index (χ0n) is 18.1. The van der Waals surface area contributed by atoms with Crippen LogP contribution in [0.25, 0.3) is 11.0 Å². The summed E-state index contributed by atoms with van der Waals surface area (Å²) in [5, 5.41) is 11.4. The number of furan rings is 1. The molecule has 1 N–H and O–H groups in total. The van der Waals surface area contributed by atoms with Crippen LogP contribution in [0.5, 0.6) is 5.75 Å². The lowest BCUT2D eigenvalue weighted by Gasteiger charge is -2.28. The van der Waals surface area contributed by atoms with Gasteiger partial charge in [-0.1, -0.05) is 45.7 Å². The van der Waals surface area contributed by atoms with Gasteiger partial charge in [-0.3, -0.25) is 14.5 Å². The summed E-state index contributed by atoms with van der Waals surface area (Å²) in [7, 11) is 1.46. The lowest BCUT2D eigenvalue weighted by atomic mass is 9.94. The molecule has 176 valence electrons. The molecule has 0 radical (unpaired) electrons. The van der Waals surface area contributed by atoms with Crippen molar-refractivity contribution in [3.63, 3.8) is 0 Å². The molecule has 35 heavy (non-hydrogen) atoms. The Hall–Kier alpha value is -3.62. The third kappa shape index (κ3) is 3.88. The smallest absolute Gasteiger partial charge is 0.294 e. The first-order valence-corrected chi connectivity index (χ1v) is 11.6. The number of carbonyl (C=O) groups excluding carboxylic acids is 2. The van der Waals surface area contributed by atoms with Gasteiger partial charge >= 0.3 is 0 Å². The van der Waals surface area contributed by atoms with Crippen LogP contribution in [0, 0.1) is 5.82 Å². The number of rotatable bonds is 5. The SMILES string of the molecule is COc1ccccc1C1C(C(=O)c2cc3cc(Br)ccc3o2)=C(O)C(=O)N1c1ccc(F)c(Cl)c1. The monoisotopic (exact) mass is 555 g/mol. The molecule has 4 aromatic rings. The maximum atomic E-state index is 13.9. The van der Waals surface area contributed by atoms with Crippen LogP contribution < -0.4 is 9.64 Å². The number of nitrogens with zero attached hydrogens (tertiary/aromatic N) is 1. The summed E-state index contributed by atoms with van der Waals surface area (Å²) in [5.74, 6) is -2.59. The number of benzene rings is 3. The molecule has 0 bridgehead atoms. The van der Waals surface area contributed by atoms with E-state index < -0.39 is 29.3 Å². The van der Waals surface area contributed by atoms with Gasteiger partial charge in [-0.2, -0.15) is 0 Å². The predicted molar refractivity (Wildman–Crippen MR) is 133 cm³/mol. The average molecular weight is 557 g/mol. The fraction of sp³-hybridized carbons (Fsp3) is 0.0769. The van der Waals surface area contributed by atoms with Crippen molar-refractivity contribution in [1.29, 1.82) is 0 Å². The lowest BCUT2D eigenvalue weighted by Crippen LogP contribution is -2.31. The number of halogens is 3. The highest BCUT2D eigenvalue weighted by molar-refractivity contribution is 9.10. The molecule has 0 saturated carbocycles. The van der Waals surface area contributed by atoms with Gasteiger partial charge in [0.1, 0.15) is 17.1 Å². The van der Waals surface area contributed by atoms with E-state index in [4.69, 9.17) is 20.8 Å². The Bertz CT molecular complexity index is 1550. The molecule has 1 aromatic heterocycles. The number of methoxy groups -OCH3 is 1. The Labute approximate surface area is 212 Å². The van der Waals surface area contributed by atoms with Crippen molar-refractivity contribution < 1.29 is 28.2 Å². The van der Waals surface area contributed by atoms with E-state index in [0.29, 0.717) is 22.3 Å². The molecule has 1 atom stereocenters. The third-order valence-electron chi connectivity index (χ3n) is 5.77. The molecular weight excluding hydrogens is 541 g/mol. The minimum Gasteiger partial charge on any atom is -0.503 e. The summed E-state index contributed by atoms with van der Waals surface area (Å²) < 4.78 is 25.9. The molecular formula is C26H16BrClFNO5. The van der Waals surface area contributed by atoms with E-state index in [2.05, 4.69) is 15.9 Å². The van der Waals surface area contributed by atoms with Crippen molar-refractivity contribution >= 4 is 55.9 Å². The van der Waals surface area contributed by atoms with Crippen LogP contribution in [0.2, 0.25) is 5.02 Å². The molecule has 0 saturated heterocycles. The second kappa shape index (κ2) is 8.87. The highest BCUT2D eigenvalue weighted by Gasteiger charge is 2.46. The fourth-order valence-corrected chi connectivity index (χ4v) is 4.74. The van der Waals surface area contributed by atoms with Crippen LogP contribution in [0.4, 0.5) is 10.1 Å². The van der Waals surface area contributed by atoms with E-state index in [1.54, 1.807) is 48.5 Å². The Kier molecular flexibility index (Phi) is 5.86. The van der Waals surface area contributed by atoms with Crippen LogP contribution in [-0.4, -0.2) is 23.9 Å². The van der Waals surface area contributed by atoms with E-state index >= 15 is 0 Å². The van der Waals surface area contributed by atoms with E-state index in [-0.39, 0.29) is 22.0 Å². The molecule has 0 spiro atoms. The highest BCUT2D eigenvalue weighted by Crippen LogP contribution is 2.45. The second-order valence-corrected chi connectivity index (χ2v) is 9.13. The Morgan fingerprint density at radius 2 is 1.91 bits per heavy atom. The minimum atomic E-state index is -1.09. The Morgan fingerprint density at radius 1 is 1.14 bits per heavy atom. The highest BCUT2D eigenvalue weighted by atomic mass is 79.9. The van der Waals surface area contributed by atoms with Crippen LogP contribution in [0.15, 0.2) is 87.0 Å². The summed E-state index contributed by atoms with van der Waals surface area (Å²) >= 11 is 9.37. The molecule has 3 aromatic carbocycles. The number of carbonyl (C=O) groups is 2. The van der Waals surface area contributed by atoms with Gasteiger partial charge in [0.2, 0.25) is 5.78 Å². The number of ether oxygens (including phenoxy) is 1. The van der Waals surface area contributed by atoms with Crippen molar-refractivity contribution in [1.82, 2.24) is 0 Å². The molecule has 0 fully saturated rings. The number of fused-ring (bicyclic) bond motifs is 1. The van der Waals surface area contributed by atoms with Crippen molar-refractivity contribution in [2.75, 3.05) is 12.0 Å². The summed E-state index contributed by atoms with van der Waals surface area (Å²) in [4.78, 5) is 28.2. The first kappa shape index (κ1) is 23.1. The zero-order chi connectivity index (χ0) is 24.9. The maximum absolute atomic E-state index is 13.9. The molecule has 1 aliphatic rings. The van der Waals surface area contributed by atoms with E-state index in [1.807, 2.05) is 0 Å². The van der Waals surface area contributed by atoms with Crippen molar-refractivity contribution in [3.8, 4) is 5.75 Å². The molecule has 1 amide bonds. The lowest BCUT2D eigenvalue weighted by molar-refractivity contribution is -0.117. The largest absolute Gasteiger partial charge is 0.503 e. The molecule has 1 unspecified atom stereocenters. The average Bonchev–Trinajstić information content (AvgIpc) is 3.39.